The Morgan fingerprint density at radius 1 is 1.31 bits per heavy atom. The number of imidazole rings is 1. The number of hydrogen-bond donors (Lipinski definition) is 1. The quantitative estimate of drug-likeness (QED) is 0.771. The summed E-state index contributed by atoms with van der Waals surface area (Å²) < 4.78 is 25.9. The molecular weight excluding hydrogens is 379 g/mol. The van der Waals surface area contributed by atoms with Gasteiger partial charge in [-0.05, 0) is 45.4 Å². The summed E-state index contributed by atoms with van der Waals surface area (Å²) in [7, 11) is 1.26. The van der Waals surface area contributed by atoms with Crippen molar-refractivity contribution in [3.8, 4) is 6.07 Å². The van der Waals surface area contributed by atoms with Gasteiger partial charge in [0.15, 0.2) is 0 Å². The summed E-state index contributed by atoms with van der Waals surface area (Å²) in [5, 5.41) is 11.7. The van der Waals surface area contributed by atoms with E-state index in [1.54, 1.807) is 33.8 Å². The second-order valence-corrected chi connectivity index (χ2v) is 7.54. The van der Waals surface area contributed by atoms with Crippen LogP contribution in [0.15, 0.2) is 30.7 Å². The van der Waals surface area contributed by atoms with Gasteiger partial charge in [-0.3, -0.25) is 4.79 Å². The van der Waals surface area contributed by atoms with Gasteiger partial charge in [-0.25, -0.2) is 14.2 Å². The van der Waals surface area contributed by atoms with E-state index in [-0.39, 0.29) is 12.1 Å². The highest BCUT2D eigenvalue weighted by atomic mass is 19.1. The molecule has 1 amide bonds. The SMILES string of the molecule is COC(=O)Cn1cncc1C(C)(NC(=O)OC(C)(C)C)c1ccc(C#N)c(F)c1. The highest BCUT2D eigenvalue weighted by Crippen LogP contribution is 2.31. The lowest BCUT2D eigenvalue weighted by Gasteiger charge is -2.33. The van der Waals surface area contributed by atoms with Crippen molar-refractivity contribution >= 4 is 12.1 Å². The van der Waals surface area contributed by atoms with Gasteiger partial charge in [0.25, 0.3) is 0 Å². The smallest absolute Gasteiger partial charge is 0.408 e. The third-order valence-corrected chi connectivity index (χ3v) is 4.17. The van der Waals surface area contributed by atoms with Crippen LogP contribution >= 0.6 is 0 Å². The number of amides is 1. The molecule has 2 aromatic rings. The van der Waals surface area contributed by atoms with Crippen LogP contribution < -0.4 is 5.32 Å². The summed E-state index contributed by atoms with van der Waals surface area (Å²) in [4.78, 5) is 28.4. The maximum absolute atomic E-state index is 14.3. The molecule has 1 N–H and O–H groups in total. The molecule has 0 aliphatic rings. The Hall–Kier alpha value is -3.41. The number of rotatable bonds is 5. The number of hydrogen-bond acceptors (Lipinski definition) is 6. The second kappa shape index (κ2) is 8.31. The van der Waals surface area contributed by atoms with Gasteiger partial charge in [-0.2, -0.15) is 5.26 Å². The molecular formula is C20H23FN4O4. The lowest BCUT2D eigenvalue weighted by molar-refractivity contribution is -0.141. The van der Waals surface area contributed by atoms with Crippen LogP contribution in [0.1, 0.15) is 44.5 Å². The molecule has 0 fully saturated rings. The molecule has 0 aliphatic carbocycles. The van der Waals surface area contributed by atoms with Crippen LogP contribution in [0.4, 0.5) is 9.18 Å². The Morgan fingerprint density at radius 3 is 2.55 bits per heavy atom. The first-order chi connectivity index (χ1) is 13.5. The van der Waals surface area contributed by atoms with Crippen LogP contribution in [0.3, 0.4) is 0 Å². The number of esters is 1. The number of carbonyl (C=O) groups excluding carboxylic acids is 2. The number of nitrogens with zero attached hydrogens (tertiary/aromatic N) is 3. The summed E-state index contributed by atoms with van der Waals surface area (Å²) in [6.07, 6.45) is 2.12. The molecule has 1 aromatic carbocycles. The van der Waals surface area contributed by atoms with E-state index in [1.807, 2.05) is 0 Å². The Kier molecular flexibility index (Phi) is 6.27. The number of benzene rings is 1. The molecule has 9 heteroatoms. The number of methoxy groups -OCH3 is 1. The molecule has 0 bridgehead atoms. The lowest BCUT2D eigenvalue weighted by Crippen LogP contribution is -2.48. The molecule has 0 saturated carbocycles. The number of carbonyl (C=O) groups is 2. The number of alkyl carbamates (subject to hydrolysis) is 1. The average Bonchev–Trinajstić information content (AvgIpc) is 3.08. The molecule has 29 heavy (non-hydrogen) atoms. The van der Waals surface area contributed by atoms with Crippen molar-refractivity contribution < 1.29 is 23.5 Å². The van der Waals surface area contributed by atoms with Gasteiger partial charge in [0.1, 0.15) is 29.6 Å². The van der Waals surface area contributed by atoms with Crippen LogP contribution in [0.25, 0.3) is 0 Å². The highest BCUT2D eigenvalue weighted by molar-refractivity contribution is 5.71. The normalized spacial score (nSPS) is 13.1. The molecule has 8 nitrogen and oxygen atoms in total. The van der Waals surface area contributed by atoms with Crippen LogP contribution in [-0.2, 0) is 26.4 Å². The molecule has 1 unspecified atom stereocenters. The minimum absolute atomic E-state index is 0.128. The first-order valence-electron chi connectivity index (χ1n) is 8.79. The Balaban J connectivity index is 2.56. The predicted octanol–water partition coefficient (Wildman–Crippen LogP) is 2.86. The van der Waals surface area contributed by atoms with Crippen LogP contribution in [-0.4, -0.2) is 34.3 Å². The summed E-state index contributed by atoms with van der Waals surface area (Å²) >= 11 is 0. The van der Waals surface area contributed by atoms with E-state index in [2.05, 4.69) is 10.3 Å². The Bertz CT molecular complexity index is 958. The maximum atomic E-state index is 14.3. The Labute approximate surface area is 168 Å². The predicted molar refractivity (Wildman–Crippen MR) is 101 cm³/mol. The topological polar surface area (TPSA) is 106 Å². The molecule has 0 spiro atoms. The minimum Gasteiger partial charge on any atom is -0.468 e. The summed E-state index contributed by atoms with van der Waals surface area (Å²) in [6, 6.07) is 5.76. The van der Waals surface area contributed by atoms with E-state index in [0.717, 1.165) is 6.07 Å². The van der Waals surface area contributed by atoms with Crippen molar-refractivity contribution in [2.24, 2.45) is 0 Å². The molecule has 0 saturated heterocycles. The molecule has 0 aliphatic heterocycles. The van der Waals surface area contributed by atoms with Gasteiger partial charge in [-0.15, -0.1) is 0 Å². The molecule has 154 valence electrons. The summed E-state index contributed by atoms with van der Waals surface area (Å²) in [5.74, 6) is -1.25. The average molecular weight is 402 g/mol. The number of aromatic nitrogens is 2. The van der Waals surface area contributed by atoms with E-state index in [0.29, 0.717) is 11.3 Å². The first-order valence-corrected chi connectivity index (χ1v) is 8.79. The van der Waals surface area contributed by atoms with Crippen LogP contribution in [0.5, 0.6) is 0 Å². The van der Waals surface area contributed by atoms with Crippen molar-refractivity contribution in [2.45, 2.75) is 45.4 Å². The molecule has 1 heterocycles. The fourth-order valence-corrected chi connectivity index (χ4v) is 2.78. The van der Waals surface area contributed by atoms with Gasteiger partial charge >= 0.3 is 12.1 Å². The zero-order valence-corrected chi connectivity index (χ0v) is 16.9. The zero-order valence-electron chi connectivity index (χ0n) is 16.9. The van der Waals surface area contributed by atoms with Gasteiger partial charge in [0.2, 0.25) is 0 Å². The second-order valence-electron chi connectivity index (χ2n) is 7.54. The molecule has 1 aromatic heterocycles. The largest absolute Gasteiger partial charge is 0.468 e. The number of nitriles is 1. The zero-order chi connectivity index (χ0) is 21.8. The monoisotopic (exact) mass is 402 g/mol. The maximum Gasteiger partial charge on any atom is 0.408 e. The van der Waals surface area contributed by atoms with Gasteiger partial charge in [-0.1, -0.05) is 6.07 Å². The highest BCUT2D eigenvalue weighted by Gasteiger charge is 2.36. The number of ether oxygens (including phenoxy) is 2. The van der Waals surface area contributed by atoms with Crippen molar-refractivity contribution in [3.05, 3.63) is 53.4 Å². The first kappa shape index (κ1) is 21.9. The molecule has 2 rings (SSSR count). The van der Waals surface area contributed by atoms with E-state index in [4.69, 9.17) is 14.7 Å². The fourth-order valence-electron chi connectivity index (χ4n) is 2.78. The van der Waals surface area contributed by atoms with Crippen LogP contribution in [0, 0.1) is 17.1 Å². The van der Waals surface area contributed by atoms with E-state index in [1.165, 1.54) is 36.3 Å². The third-order valence-electron chi connectivity index (χ3n) is 4.17. The van der Waals surface area contributed by atoms with Crippen molar-refractivity contribution in [3.63, 3.8) is 0 Å². The molecule has 1 atom stereocenters. The van der Waals surface area contributed by atoms with Crippen LogP contribution in [0.2, 0.25) is 0 Å². The molecule has 0 radical (unpaired) electrons. The fraction of sp³-hybridized carbons (Fsp3) is 0.400. The van der Waals surface area contributed by atoms with Crippen molar-refractivity contribution in [2.75, 3.05) is 7.11 Å². The van der Waals surface area contributed by atoms with Gasteiger partial charge in [0, 0.05) is 0 Å². The summed E-state index contributed by atoms with van der Waals surface area (Å²) in [6.45, 7) is 6.62. The lowest BCUT2D eigenvalue weighted by atomic mass is 9.88. The van der Waals surface area contributed by atoms with E-state index >= 15 is 0 Å². The standard InChI is InChI=1S/C20H23FN4O4/c1-19(2,3)29-18(27)24-20(4,14-7-6-13(9-22)15(21)8-14)16-10-23-12-25(16)11-17(26)28-5/h6-8,10,12H,11H2,1-5H3,(H,24,27). The Morgan fingerprint density at radius 2 is 2.00 bits per heavy atom. The van der Waals surface area contributed by atoms with Gasteiger partial charge < -0.3 is 19.4 Å². The number of halogens is 1. The number of nitrogens with one attached hydrogen (secondary N) is 1. The van der Waals surface area contributed by atoms with Crippen molar-refractivity contribution in [1.82, 2.24) is 14.9 Å². The van der Waals surface area contributed by atoms with E-state index in [9.17, 15) is 14.0 Å². The minimum atomic E-state index is -1.32. The third kappa shape index (κ3) is 5.10. The summed E-state index contributed by atoms with van der Waals surface area (Å²) in [5.41, 5.74) is -1.46. The van der Waals surface area contributed by atoms with Crippen molar-refractivity contribution in [1.29, 1.82) is 5.26 Å². The van der Waals surface area contributed by atoms with Gasteiger partial charge in [0.05, 0.1) is 30.9 Å². The van der Waals surface area contributed by atoms with E-state index < -0.39 is 29.0 Å².